The van der Waals surface area contributed by atoms with Gasteiger partial charge in [0.05, 0.1) is 31.3 Å². The lowest BCUT2D eigenvalue weighted by molar-refractivity contribution is -0.129. The first-order valence-electron chi connectivity index (χ1n) is 10.8. The first-order chi connectivity index (χ1) is 16.4. The number of nitrogens with zero attached hydrogens (tertiary/aromatic N) is 3. The third-order valence-corrected chi connectivity index (χ3v) is 7.39. The number of halogens is 1. The molecule has 2 aromatic carbocycles. The van der Waals surface area contributed by atoms with Crippen LogP contribution in [0.4, 0.5) is 4.39 Å². The summed E-state index contributed by atoms with van der Waals surface area (Å²) in [5.74, 6) is 0.226. The van der Waals surface area contributed by atoms with Gasteiger partial charge in [-0.05, 0) is 53.9 Å². The number of hydrogen-bond acceptors (Lipinski definition) is 5. The summed E-state index contributed by atoms with van der Waals surface area (Å²) in [6.07, 6.45) is 0.543. The van der Waals surface area contributed by atoms with Gasteiger partial charge >= 0.3 is 5.69 Å². The lowest BCUT2D eigenvalue weighted by Crippen LogP contribution is -2.39. The van der Waals surface area contributed by atoms with Crippen LogP contribution >= 0.6 is 11.3 Å². The van der Waals surface area contributed by atoms with Crippen molar-refractivity contribution in [1.29, 1.82) is 0 Å². The van der Waals surface area contributed by atoms with E-state index in [1.165, 1.54) is 35.0 Å². The average Bonchev–Trinajstić information content (AvgIpc) is 3.22. The number of hydrogen-bond donors (Lipinski definition) is 0. The third-order valence-electron chi connectivity index (χ3n) is 6.15. The number of carbonyl (C=O) groups excluding carboxylic acids is 1. The highest BCUT2D eigenvalue weighted by molar-refractivity contribution is 7.18. The molecule has 5 rings (SSSR count). The highest BCUT2D eigenvalue weighted by atomic mass is 32.1. The Morgan fingerprint density at radius 2 is 1.79 bits per heavy atom. The minimum atomic E-state index is -0.478. The summed E-state index contributed by atoms with van der Waals surface area (Å²) >= 11 is 1.37. The molecule has 0 saturated heterocycles. The fraction of sp³-hybridized carbons (Fsp3) is 0.240. The second-order valence-corrected chi connectivity index (χ2v) is 9.29. The quantitative estimate of drug-likeness (QED) is 0.450. The van der Waals surface area contributed by atoms with E-state index < -0.39 is 5.69 Å². The van der Waals surface area contributed by atoms with Crippen LogP contribution in [-0.4, -0.2) is 33.6 Å². The fourth-order valence-corrected chi connectivity index (χ4v) is 5.69. The molecule has 0 saturated carbocycles. The van der Waals surface area contributed by atoms with Crippen LogP contribution in [0.15, 0.2) is 58.1 Å². The Morgan fingerprint density at radius 1 is 1.09 bits per heavy atom. The Bertz CT molecular complexity index is 1520. The number of benzene rings is 2. The predicted octanol–water partition coefficient (Wildman–Crippen LogP) is 3.31. The number of carbonyl (C=O) groups is 1. The van der Waals surface area contributed by atoms with Gasteiger partial charge in [0.15, 0.2) is 0 Å². The normalized spacial score (nSPS) is 13.2. The Kier molecular flexibility index (Phi) is 5.57. The minimum absolute atomic E-state index is 0.0255. The molecule has 1 amide bonds. The van der Waals surface area contributed by atoms with E-state index in [1.807, 2.05) is 0 Å². The second-order valence-electron chi connectivity index (χ2n) is 8.21. The topological polar surface area (TPSA) is 73.5 Å². The molecule has 0 spiro atoms. The summed E-state index contributed by atoms with van der Waals surface area (Å²) in [4.78, 5) is 42.5. The molecule has 0 fully saturated rings. The minimum Gasteiger partial charge on any atom is -0.497 e. The van der Waals surface area contributed by atoms with Crippen molar-refractivity contribution >= 4 is 27.5 Å². The van der Waals surface area contributed by atoms with Crippen LogP contribution in [0.5, 0.6) is 5.75 Å². The van der Waals surface area contributed by atoms with Crippen molar-refractivity contribution in [3.8, 4) is 11.4 Å². The molecule has 7 nitrogen and oxygen atoms in total. The maximum absolute atomic E-state index is 13.7. The third kappa shape index (κ3) is 3.71. The molecule has 1 aliphatic rings. The molecule has 3 heterocycles. The SMILES string of the molecule is COc1ccc(-n2c(=O)c3c4c(sc3n(Cc3ccc(F)cc3)c2=O)CN(C(C)=O)CC4)cc1. The molecule has 0 N–H and O–H groups in total. The van der Waals surface area contributed by atoms with Gasteiger partial charge < -0.3 is 9.64 Å². The highest BCUT2D eigenvalue weighted by Crippen LogP contribution is 2.33. The first-order valence-corrected chi connectivity index (χ1v) is 11.6. The van der Waals surface area contributed by atoms with E-state index in [9.17, 15) is 18.8 Å². The number of amides is 1. The van der Waals surface area contributed by atoms with E-state index in [-0.39, 0.29) is 23.8 Å². The Balaban J connectivity index is 1.77. The predicted molar refractivity (Wildman–Crippen MR) is 129 cm³/mol. The van der Waals surface area contributed by atoms with Gasteiger partial charge in [-0.25, -0.2) is 13.8 Å². The van der Waals surface area contributed by atoms with Crippen molar-refractivity contribution in [2.75, 3.05) is 13.7 Å². The van der Waals surface area contributed by atoms with Gasteiger partial charge in [0.1, 0.15) is 16.4 Å². The largest absolute Gasteiger partial charge is 0.497 e. The van der Waals surface area contributed by atoms with Gasteiger partial charge in [-0.2, -0.15) is 0 Å². The van der Waals surface area contributed by atoms with Crippen LogP contribution in [0, 0.1) is 5.82 Å². The van der Waals surface area contributed by atoms with Gasteiger partial charge in [-0.1, -0.05) is 12.1 Å². The van der Waals surface area contributed by atoms with Gasteiger partial charge in [-0.3, -0.25) is 14.2 Å². The summed E-state index contributed by atoms with van der Waals surface area (Å²) in [6.45, 7) is 2.64. The molecule has 0 aliphatic carbocycles. The highest BCUT2D eigenvalue weighted by Gasteiger charge is 2.27. The van der Waals surface area contributed by atoms with Crippen molar-refractivity contribution in [1.82, 2.24) is 14.0 Å². The summed E-state index contributed by atoms with van der Waals surface area (Å²) in [6, 6.07) is 12.7. The van der Waals surface area contributed by atoms with E-state index in [1.54, 1.807) is 53.0 Å². The zero-order chi connectivity index (χ0) is 24.0. The zero-order valence-electron chi connectivity index (χ0n) is 18.7. The van der Waals surface area contributed by atoms with Crippen molar-refractivity contribution in [2.45, 2.75) is 26.4 Å². The van der Waals surface area contributed by atoms with Crippen LogP contribution < -0.4 is 16.0 Å². The van der Waals surface area contributed by atoms with E-state index in [4.69, 9.17) is 4.74 Å². The molecular formula is C25H22FN3O4S. The summed E-state index contributed by atoms with van der Waals surface area (Å²) < 4.78 is 21.4. The molecule has 2 aromatic heterocycles. The first kappa shape index (κ1) is 22.1. The maximum atomic E-state index is 13.7. The van der Waals surface area contributed by atoms with E-state index in [2.05, 4.69) is 0 Å². The number of thiophene rings is 1. The van der Waals surface area contributed by atoms with Gasteiger partial charge in [0, 0.05) is 18.3 Å². The van der Waals surface area contributed by atoms with Crippen molar-refractivity contribution in [3.05, 3.63) is 91.2 Å². The Hall–Kier alpha value is -3.72. The van der Waals surface area contributed by atoms with Crippen molar-refractivity contribution in [3.63, 3.8) is 0 Å². The summed E-state index contributed by atoms with van der Waals surface area (Å²) in [5, 5.41) is 0.501. The molecule has 0 radical (unpaired) electrons. The van der Waals surface area contributed by atoms with Crippen LogP contribution in [0.3, 0.4) is 0 Å². The van der Waals surface area contributed by atoms with Crippen molar-refractivity contribution < 1.29 is 13.9 Å². The Morgan fingerprint density at radius 3 is 2.44 bits per heavy atom. The number of methoxy groups -OCH3 is 1. The molecule has 1 aliphatic heterocycles. The van der Waals surface area contributed by atoms with E-state index >= 15 is 0 Å². The lowest BCUT2D eigenvalue weighted by atomic mass is 10.1. The molecule has 34 heavy (non-hydrogen) atoms. The molecule has 174 valence electrons. The van der Waals surface area contributed by atoms with Crippen LogP contribution in [0.1, 0.15) is 22.9 Å². The zero-order valence-corrected chi connectivity index (χ0v) is 19.5. The monoisotopic (exact) mass is 479 g/mol. The van der Waals surface area contributed by atoms with Crippen LogP contribution in [0.25, 0.3) is 15.9 Å². The van der Waals surface area contributed by atoms with Gasteiger partial charge in [0.25, 0.3) is 5.56 Å². The molecule has 0 unspecified atom stereocenters. The molecular weight excluding hydrogens is 457 g/mol. The summed E-state index contributed by atoms with van der Waals surface area (Å²) in [5.41, 5.74) is 1.20. The van der Waals surface area contributed by atoms with Crippen molar-refractivity contribution in [2.24, 2.45) is 0 Å². The molecule has 0 atom stereocenters. The maximum Gasteiger partial charge on any atom is 0.337 e. The summed E-state index contributed by atoms with van der Waals surface area (Å²) in [7, 11) is 1.55. The van der Waals surface area contributed by atoms with Gasteiger partial charge in [0.2, 0.25) is 5.91 Å². The number of rotatable bonds is 4. The smallest absolute Gasteiger partial charge is 0.337 e. The average molecular weight is 480 g/mol. The van der Waals surface area contributed by atoms with Crippen LogP contribution in [0.2, 0.25) is 0 Å². The number of fused-ring (bicyclic) bond motifs is 3. The molecule has 0 bridgehead atoms. The standard InChI is InChI=1S/C25H22FN3O4S/c1-15(30)27-12-11-20-21(14-27)34-24-22(20)23(31)29(18-7-9-19(33-2)10-8-18)25(32)28(24)13-16-3-5-17(26)6-4-16/h3-10H,11-14H2,1-2H3. The fourth-order valence-electron chi connectivity index (χ4n) is 4.35. The molecule has 4 aromatic rings. The van der Waals surface area contributed by atoms with E-state index in [0.717, 1.165) is 16.0 Å². The lowest BCUT2D eigenvalue weighted by Gasteiger charge is -2.25. The van der Waals surface area contributed by atoms with E-state index in [0.29, 0.717) is 41.2 Å². The van der Waals surface area contributed by atoms with Crippen LogP contribution in [-0.2, 0) is 24.3 Å². The second kappa shape index (κ2) is 8.57. The van der Waals surface area contributed by atoms with Gasteiger partial charge in [-0.15, -0.1) is 11.3 Å². The Labute approximate surface area is 198 Å². The number of aromatic nitrogens is 2. The molecule has 9 heteroatoms. The number of ether oxygens (including phenoxy) is 1.